The van der Waals surface area contributed by atoms with Gasteiger partial charge in [0.2, 0.25) is 5.95 Å². The second kappa shape index (κ2) is 8.46. The summed E-state index contributed by atoms with van der Waals surface area (Å²) in [6.07, 6.45) is 6.79. The number of nitrogens with zero attached hydrogens (tertiary/aromatic N) is 4. The molecule has 3 heterocycles. The van der Waals surface area contributed by atoms with E-state index in [1.807, 2.05) is 11.4 Å². The molecule has 1 fully saturated rings. The smallest absolute Gasteiger partial charge is 0.225 e. The third kappa shape index (κ3) is 4.91. The second-order valence-electron chi connectivity index (χ2n) is 7.02. The van der Waals surface area contributed by atoms with Crippen LogP contribution in [0, 0.1) is 0 Å². The molecule has 1 saturated heterocycles. The molecular weight excluding hydrogens is 408 g/mol. The van der Waals surface area contributed by atoms with Crippen molar-refractivity contribution >= 4 is 27.1 Å². The Kier molecular flexibility index (Phi) is 5.77. The van der Waals surface area contributed by atoms with Gasteiger partial charge in [0.1, 0.15) is 12.4 Å². The van der Waals surface area contributed by atoms with E-state index in [1.165, 1.54) is 6.26 Å². The SMILES string of the molecule is CS(=O)(=O)c1ccc(OCc2csc(C3CCN(c4ncccn4)CC3)n2)cc1. The normalized spacial score (nSPS) is 15.4. The van der Waals surface area contributed by atoms with Crippen molar-refractivity contribution in [3.63, 3.8) is 0 Å². The molecule has 7 nitrogen and oxygen atoms in total. The molecule has 0 amide bonds. The fourth-order valence-corrected chi connectivity index (χ4v) is 4.90. The maximum absolute atomic E-state index is 11.5. The van der Waals surface area contributed by atoms with Crippen LogP contribution in [0.2, 0.25) is 0 Å². The maximum atomic E-state index is 11.5. The predicted molar refractivity (Wildman–Crippen MR) is 112 cm³/mol. The summed E-state index contributed by atoms with van der Waals surface area (Å²) < 4.78 is 28.8. The monoisotopic (exact) mass is 430 g/mol. The van der Waals surface area contributed by atoms with Crippen molar-refractivity contribution in [2.24, 2.45) is 0 Å². The van der Waals surface area contributed by atoms with Crippen LogP contribution in [0.25, 0.3) is 0 Å². The zero-order valence-corrected chi connectivity index (χ0v) is 17.7. The molecule has 0 radical (unpaired) electrons. The largest absolute Gasteiger partial charge is 0.487 e. The molecule has 0 N–H and O–H groups in total. The Morgan fingerprint density at radius 3 is 2.48 bits per heavy atom. The Balaban J connectivity index is 1.31. The van der Waals surface area contributed by atoms with Crippen LogP contribution in [0.15, 0.2) is 53.0 Å². The number of anilines is 1. The summed E-state index contributed by atoms with van der Waals surface area (Å²) in [5, 5.41) is 3.18. The minimum Gasteiger partial charge on any atom is -0.487 e. The van der Waals surface area contributed by atoms with Gasteiger partial charge in [0.15, 0.2) is 9.84 Å². The quantitative estimate of drug-likeness (QED) is 0.593. The summed E-state index contributed by atoms with van der Waals surface area (Å²) in [5.74, 6) is 1.87. The van der Waals surface area contributed by atoms with Crippen molar-refractivity contribution in [3.05, 3.63) is 58.8 Å². The van der Waals surface area contributed by atoms with Crippen LogP contribution >= 0.6 is 11.3 Å². The third-order valence-electron chi connectivity index (χ3n) is 4.89. The fourth-order valence-electron chi connectivity index (χ4n) is 3.30. The Hall–Kier alpha value is -2.52. The first kappa shape index (κ1) is 19.8. The van der Waals surface area contributed by atoms with E-state index >= 15 is 0 Å². The molecule has 1 aliphatic heterocycles. The van der Waals surface area contributed by atoms with Crippen LogP contribution in [0.4, 0.5) is 5.95 Å². The van der Waals surface area contributed by atoms with E-state index in [4.69, 9.17) is 9.72 Å². The van der Waals surface area contributed by atoms with E-state index in [-0.39, 0.29) is 4.90 Å². The lowest BCUT2D eigenvalue weighted by Gasteiger charge is -2.30. The molecule has 0 atom stereocenters. The summed E-state index contributed by atoms with van der Waals surface area (Å²) in [6.45, 7) is 2.21. The summed E-state index contributed by atoms with van der Waals surface area (Å²) in [5.41, 5.74) is 0.894. The van der Waals surface area contributed by atoms with Crippen LogP contribution in [0.3, 0.4) is 0 Å². The number of sulfone groups is 1. The van der Waals surface area contributed by atoms with Crippen LogP contribution < -0.4 is 9.64 Å². The fraction of sp³-hybridized carbons (Fsp3) is 0.350. The second-order valence-corrected chi connectivity index (χ2v) is 9.92. The van der Waals surface area contributed by atoms with Gasteiger partial charge in [0.05, 0.1) is 15.6 Å². The van der Waals surface area contributed by atoms with E-state index in [9.17, 15) is 8.42 Å². The molecule has 0 aliphatic carbocycles. The molecule has 9 heteroatoms. The summed E-state index contributed by atoms with van der Waals surface area (Å²) in [4.78, 5) is 15.9. The Morgan fingerprint density at radius 2 is 1.83 bits per heavy atom. The van der Waals surface area contributed by atoms with Gasteiger partial charge >= 0.3 is 0 Å². The van der Waals surface area contributed by atoms with Gasteiger partial charge in [0.25, 0.3) is 0 Å². The molecule has 152 valence electrons. The highest BCUT2D eigenvalue weighted by atomic mass is 32.2. The first-order valence-corrected chi connectivity index (χ1v) is 12.2. The third-order valence-corrected chi connectivity index (χ3v) is 7.07. The Labute approximate surface area is 174 Å². The highest BCUT2D eigenvalue weighted by molar-refractivity contribution is 7.90. The van der Waals surface area contributed by atoms with Crippen molar-refractivity contribution in [2.45, 2.75) is 30.3 Å². The van der Waals surface area contributed by atoms with Crippen LogP contribution in [-0.4, -0.2) is 42.7 Å². The van der Waals surface area contributed by atoms with Crippen molar-refractivity contribution in [1.82, 2.24) is 15.0 Å². The highest BCUT2D eigenvalue weighted by Crippen LogP contribution is 2.31. The molecule has 1 aliphatic rings. The average Bonchev–Trinajstić information content (AvgIpc) is 3.22. The van der Waals surface area contributed by atoms with E-state index in [0.717, 1.165) is 42.6 Å². The van der Waals surface area contributed by atoms with E-state index < -0.39 is 9.84 Å². The number of ether oxygens (including phenoxy) is 1. The molecule has 3 aromatic rings. The first-order valence-electron chi connectivity index (χ1n) is 9.38. The van der Waals surface area contributed by atoms with Gasteiger partial charge in [-0.25, -0.2) is 23.4 Å². The first-order chi connectivity index (χ1) is 14.0. The highest BCUT2D eigenvalue weighted by Gasteiger charge is 2.24. The maximum Gasteiger partial charge on any atom is 0.225 e. The minimum atomic E-state index is -3.20. The number of hydrogen-bond acceptors (Lipinski definition) is 8. The number of aromatic nitrogens is 3. The van der Waals surface area contributed by atoms with Gasteiger partial charge in [-0.3, -0.25) is 0 Å². The summed E-state index contributed by atoms with van der Waals surface area (Å²) >= 11 is 1.67. The van der Waals surface area contributed by atoms with Crippen molar-refractivity contribution in [1.29, 1.82) is 0 Å². The number of thiazole rings is 1. The molecule has 4 rings (SSSR count). The van der Waals surface area contributed by atoms with Gasteiger partial charge in [-0.05, 0) is 43.2 Å². The topological polar surface area (TPSA) is 85.3 Å². The predicted octanol–water partition coefficient (Wildman–Crippen LogP) is 3.30. The van der Waals surface area contributed by atoms with Crippen molar-refractivity contribution < 1.29 is 13.2 Å². The molecule has 29 heavy (non-hydrogen) atoms. The van der Waals surface area contributed by atoms with Crippen LogP contribution in [0.1, 0.15) is 29.5 Å². The molecule has 1 aromatic carbocycles. The lowest BCUT2D eigenvalue weighted by Crippen LogP contribution is -2.34. The number of piperidine rings is 1. The zero-order chi connectivity index (χ0) is 20.3. The standard InChI is InChI=1S/C20H22N4O3S2/c1-29(25,26)18-5-3-17(4-6-18)27-13-16-14-28-19(23-16)15-7-11-24(12-8-15)20-21-9-2-10-22-20/h2-6,9-10,14-15H,7-8,11-13H2,1H3. The van der Waals surface area contributed by atoms with Crippen LogP contribution in [-0.2, 0) is 16.4 Å². The molecule has 0 saturated carbocycles. The van der Waals surface area contributed by atoms with E-state index in [0.29, 0.717) is 18.3 Å². The number of hydrogen-bond donors (Lipinski definition) is 0. The van der Waals surface area contributed by atoms with E-state index in [1.54, 1.807) is 48.0 Å². The van der Waals surface area contributed by atoms with Crippen molar-refractivity contribution in [2.75, 3.05) is 24.2 Å². The number of benzene rings is 1. The lowest BCUT2D eigenvalue weighted by atomic mass is 9.98. The zero-order valence-electron chi connectivity index (χ0n) is 16.1. The van der Waals surface area contributed by atoms with E-state index in [2.05, 4.69) is 14.9 Å². The van der Waals surface area contributed by atoms with Gasteiger partial charge in [-0.15, -0.1) is 11.3 Å². The molecule has 0 unspecified atom stereocenters. The molecule has 2 aromatic heterocycles. The lowest BCUT2D eigenvalue weighted by molar-refractivity contribution is 0.301. The number of rotatable bonds is 6. The van der Waals surface area contributed by atoms with Crippen LogP contribution in [0.5, 0.6) is 5.75 Å². The minimum absolute atomic E-state index is 0.285. The molecule has 0 spiro atoms. The van der Waals surface area contributed by atoms with Crippen molar-refractivity contribution in [3.8, 4) is 5.75 Å². The Bertz CT molecular complexity index is 1040. The summed E-state index contributed by atoms with van der Waals surface area (Å²) in [7, 11) is -3.20. The van der Waals surface area contributed by atoms with Gasteiger partial charge in [-0.2, -0.15) is 0 Å². The Morgan fingerprint density at radius 1 is 1.14 bits per heavy atom. The van der Waals surface area contributed by atoms with Gasteiger partial charge < -0.3 is 9.64 Å². The van der Waals surface area contributed by atoms with Gasteiger partial charge in [0, 0.05) is 43.0 Å². The summed E-state index contributed by atoms with van der Waals surface area (Å²) in [6, 6.07) is 8.29. The average molecular weight is 431 g/mol. The molecular formula is C20H22N4O3S2. The van der Waals surface area contributed by atoms with Gasteiger partial charge in [-0.1, -0.05) is 0 Å². The molecule has 0 bridgehead atoms.